The van der Waals surface area contributed by atoms with Crippen LogP contribution in [0.3, 0.4) is 0 Å². The van der Waals surface area contributed by atoms with E-state index in [9.17, 15) is 4.79 Å². The molecule has 2 aromatic rings. The van der Waals surface area contributed by atoms with Crippen molar-refractivity contribution in [2.75, 3.05) is 0 Å². The first-order valence-electron chi connectivity index (χ1n) is 9.69. The lowest BCUT2D eigenvalue weighted by Crippen LogP contribution is -2.34. The van der Waals surface area contributed by atoms with E-state index < -0.39 is 5.97 Å². The number of aryl methyl sites for hydroxylation is 1. The maximum absolute atomic E-state index is 11.0. The SMILES string of the molecule is C/C(=C/C(=O)O)c1cccc(-c2cc3c(cc2C)C(C)(C)CCC3(C)C)c1. The molecule has 27 heavy (non-hydrogen) atoms. The smallest absolute Gasteiger partial charge is 0.328 e. The van der Waals surface area contributed by atoms with Gasteiger partial charge in [0.2, 0.25) is 0 Å². The molecule has 0 atom stereocenters. The topological polar surface area (TPSA) is 37.3 Å². The zero-order valence-corrected chi connectivity index (χ0v) is 17.3. The number of allylic oxidation sites excluding steroid dienone is 1. The first-order valence-corrected chi connectivity index (χ1v) is 9.69. The molecule has 0 bridgehead atoms. The largest absolute Gasteiger partial charge is 0.478 e. The van der Waals surface area contributed by atoms with Crippen molar-refractivity contribution in [3.63, 3.8) is 0 Å². The summed E-state index contributed by atoms with van der Waals surface area (Å²) in [6.45, 7) is 13.4. The molecule has 0 radical (unpaired) electrons. The van der Waals surface area contributed by atoms with E-state index in [-0.39, 0.29) is 10.8 Å². The molecule has 0 heterocycles. The van der Waals surface area contributed by atoms with Crippen molar-refractivity contribution in [2.45, 2.75) is 65.2 Å². The minimum atomic E-state index is -0.910. The number of carbonyl (C=O) groups is 1. The van der Waals surface area contributed by atoms with E-state index in [1.54, 1.807) is 0 Å². The maximum atomic E-state index is 11.0. The molecule has 2 nitrogen and oxygen atoms in total. The molecule has 0 aliphatic heterocycles. The van der Waals surface area contributed by atoms with Crippen LogP contribution in [0.1, 0.15) is 69.7 Å². The summed E-state index contributed by atoms with van der Waals surface area (Å²) >= 11 is 0. The summed E-state index contributed by atoms with van der Waals surface area (Å²) in [5.41, 5.74) is 8.67. The number of aliphatic carboxylic acids is 1. The Morgan fingerprint density at radius 1 is 1.00 bits per heavy atom. The van der Waals surface area contributed by atoms with Crippen LogP contribution in [-0.2, 0) is 15.6 Å². The highest BCUT2D eigenvalue weighted by molar-refractivity contribution is 5.90. The van der Waals surface area contributed by atoms with Crippen LogP contribution in [0.15, 0.2) is 42.5 Å². The van der Waals surface area contributed by atoms with Gasteiger partial charge < -0.3 is 5.11 Å². The molecule has 1 aliphatic carbocycles. The van der Waals surface area contributed by atoms with Crippen LogP contribution in [0.2, 0.25) is 0 Å². The van der Waals surface area contributed by atoms with Crippen LogP contribution in [0, 0.1) is 6.92 Å². The molecule has 2 heteroatoms. The van der Waals surface area contributed by atoms with Gasteiger partial charge >= 0.3 is 5.97 Å². The third-order valence-corrected chi connectivity index (χ3v) is 6.17. The van der Waals surface area contributed by atoms with Crippen LogP contribution in [0.25, 0.3) is 16.7 Å². The van der Waals surface area contributed by atoms with Gasteiger partial charge in [0, 0.05) is 6.08 Å². The summed E-state index contributed by atoms with van der Waals surface area (Å²) < 4.78 is 0. The quantitative estimate of drug-likeness (QED) is 0.633. The van der Waals surface area contributed by atoms with E-state index in [1.165, 1.54) is 41.2 Å². The van der Waals surface area contributed by atoms with Crippen LogP contribution in [0.4, 0.5) is 0 Å². The molecule has 0 spiro atoms. The van der Waals surface area contributed by atoms with Crippen LogP contribution >= 0.6 is 0 Å². The third kappa shape index (κ3) is 3.71. The zero-order chi connectivity index (χ0) is 20.0. The van der Waals surface area contributed by atoms with E-state index in [0.717, 1.165) is 16.7 Å². The second-order valence-electron chi connectivity index (χ2n) is 9.23. The number of hydrogen-bond donors (Lipinski definition) is 1. The second kappa shape index (κ2) is 6.67. The van der Waals surface area contributed by atoms with Crippen molar-refractivity contribution in [3.8, 4) is 11.1 Å². The number of carboxylic acid groups (broad SMARTS) is 1. The van der Waals surface area contributed by atoms with E-state index in [4.69, 9.17) is 5.11 Å². The number of rotatable bonds is 3. The van der Waals surface area contributed by atoms with Gasteiger partial charge in [-0.05, 0) is 82.5 Å². The Bertz CT molecular complexity index is 929. The minimum absolute atomic E-state index is 0.171. The van der Waals surface area contributed by atoms with E-state index in [1.807, 2.05) is 19.1 Å². The highest BCUT2D eigenvalue weighted by atomic mass is 16.4. The Labute approximate surface area is 162 Å². The van der Waals surface area contributed by atoms with Crippen LogP contribution in [0.5, 0.6) is 0 Å². The molecule has 0 aromatic heterocycles. The van der Waals surface area contributed by atoms with Gasteiger partial charge in [-0.2, -0.15) is 0 Å². The standard InChI is InChI=1S/C25H30O2/c1-16(13-23(26)27)18-8-7-9-19(14-18)20-15-22-21(12-17(20)2)24(3,4)10-11-25(22,5)6/h7-9,12-15H,10-11H2,1-6H3,(H,26,27)/b16-13-. The van der Waals surface area contributed by atoms with Crippen molar-refractivity contribution in [3.05, 3.63) is 64.7 Å². The Morgan fingerprint density at radius 2 is 1.59 bits per heavy atom. The van der Waals surface area contributed by atoms with Gasteiger partial charge in [0.25, 0.3) is 0 Å². The minimum Gasteiger partial charge on any atom is -0.478 e. The Hall–Kier alpha value is -2.35. The molecule has 1 N–H and O–H groups in total. The summed E-state index contributed by atoms with van der Waals surface area (Å²) in [5, 5.41) is 9.04. The first kappa shape index (κ1) is 19.4. The second-order valence-corrected chi connectivity index (χ2v) is 9.23. The van der Waals surface area contributed by atoms with Gasteiger partial charge in [0.05, 0.1) is 0 Å². The summed E-state index contributed by atoms with van der Waals surface area (Å²) in [6.07, 6.45) is 3.67. The summed E-state index contributed by atoms with van der Waals surface area (Å²) in [6, 6.07) is 13.0. The van der Waals surface area contributed by atoms with Crippen molar-refractivity contribution in [2.24, 2.45) is 0 Å². The van der Waals surface area contributed by atoms with Gasteiger partial charge in [0.1, 0.15) is 0 Å². The van der Waals surface area contributed by atoms with Crippen LogP contribution in [-0.4, -0.2) is 11.1 Å². The number of fused-ring (bicyclic) bond motifs is 1. The molecule has 1 aliphatic rings. The highest BCUT2D eigenvalue weighted by Gasteiger charge is 2.37. The van der Waals surface area contributed by atoms with Gasteiger partial charge in [0.15, 0.2) is 0 Å². The number of carboxylic acids is 1. The lowest BCUT2D eigenvalue weighted by atomic mass is 9.62. The first-order chi connectivity index (χ1) is 12.5. The Kier molecular flexibility index (Phi) is 4.80. The molecule has 0 saturated heterocycles. The van der Waals surface area contributed by atoms with E-state index in [0.29, 0.717) is 0 Å². The van der Waals surface area contributed by atoms with E-state index >= 15 is 0 Å². The number of hydrogen-bond acceptors (Lipinski definition) is 1. The molecule has 0 amide bonds. The van der Waals surface area contributed by atoms with Gasteiger partial charge in [-0.25, -0.2) is 4.79 Å². The summed E-state index contributed by atoms with van der Waals surface area (Å²) in [7, 11) is 0. The lowest BCUT2D eigenvalue weighted by Gasteiger charge is -2.42. The molecule has 0 saturated carbocycles. The van der Waals surface area contributed by atoms with Crippen molar-refractivity contribution in [1.82, 2.24) is 0 Å². The fraction of sp³-hybridized carbons (Fsp3) is 0.400. The normalized spacial score (nSPS) is 18.1. The van der Waals surface area contributed by atoms with Crippen LogP contribution < -0.4 is 0 Å². The summed E-state index contributed by atoms with van der Waals surface area (Å²) in [5.74, 6) is -0.910. The lowest BCUT2D eigenvalue weighted by molar-refractivity contribution is -0.131. The van der Waals surface area contributed by atoms with Gasteiger partial charge in [-0.15, -0.1) is 0 Å². The predicted octanol–water partition coefficient (Wildman–Crippen LogP) is 6.50. The number of benzene rings is 2. The van der Waals surface area contributed by atoms with Crippen molar-refractivity contribution < 1.29 is 9.90 Å². The zero-order valence-electron chi connectivity index (χ0n) is 17.3. The van der Waals surface area contributed by atoms with E-state index in [2.05, 4.69) is 58.9 Å². The average Bonchev–Trinajstić information content (AvgIpc) is 2.58. The monoisotopic (exact) mass is 362 g/mol. The fourth-order valence-electron chi connectivity index (χ4n) is 4.23. The molecule has 142 valence electrons. The molecule has 0 fully saturated rings. The van der Waals surface area contributed by atoms with Gasteiger partial charge in [-0.1, -0.05) is 58.0 Å². The van der Waals surface area contributed by atoms with Crippen molar-refractivity contribution >= 4 is 11.5 Å². The summed E-state index contributed by atoms with van der Waals surface area (Å²) in [4.78, 5) is 11.0. The fourth-order valence-corrected chi connectivity index (χ4v) is 4.23. The van der Waals surface area contributed by atoms with Gasteiger partial charge in [-0.3, -0.25) is 0 Å². The highest BCUT2D eigenvalue weighted by Crippen LogP contribution is 2.47. The Morgan fingerprint density at radius 3 is 2.19 bits per heavy atom. The maximum Gasteiger partial charge on any atom is 0.328 e. The third-order valence-electron chi connectivity index (χ3n) is 6.17. The molecular formula is C25H30O2. The molecule has 0 unspecified atom stereocenters. The average molecular weight is 363 g/mol. The predicted molar refractivity (Wildman–Crippen MR) is 113 cm³/mol. The van der Waals surface area contributed by atoms with Crippen molar-refractivity contribution in [1.29, 1.82) is 0 Å². The molecule has 2 aromatic carbocycles. The molecule has 3 rings (SSSR count). The Balaban J connectivity index is 2.16. The molecular weight excluding hydrogens is 332 g/mol.